The summed E-state index contributed by atoms with van der Waals surface area (Å²) in [7, 11) is 0. The highest BCUT2D eigenvalue weighted by molar-refractivity contribution is 6.31. The number of benzene rings is 1. The fourth-order valence-electron chi connectivity index (χ4n) is 2.32. The lowest BCUT2D eigenvalue weighted by atomic mass is 9.91. The molecule has 102 valence electrons. The first kappa shape index (κ1) is 14.3. The van der Waals surface area contributed by atoms with Gasteiger partial charge in [-0.3, -0.25) is 4.90 Å². The van der Waals surface area contributed by atoms with Gasteiger partial charge in [0.2, 0.25) is 0 Å². The molecule has 0 saturated carbocycles. The van der Waals surface area contributed by atoms with E-state index in [0.717, 1.165) is 0 Å². The van der Waals surface area contributed by atoms with E-state index in [1.165, 1.54) is 6.07 Å². The highest BCUT2D eigenvalue weighted by atomic mass is 35.5. The molecule has 1 unspecified atom stereocenters. The Morgan fingerprint density at radius 3 is 2.74 bits per heavy atom. The smallest absolute Gasteiger partial charge is 0.127 e. The zero-order valence-corrected chi connectivity index (χ0v) is 11.6. The van der Waals surface area contributed by atoms with Crippen LogP contribution in [0.2, 0.25) is 5.02 Å². The Morgan fingerprint density at radius 2 is 2.16 bits per heavy atom. The van der Waals surface area contributed by atoms with Crippen molar-refractivity contribution in [3.05, 3.63) is 34.6 Å². The average molecular weight is 283 g/mol. The number of ether oxygens (including phenoxy) is 1. The van der Waals surface area contributed by atoms with Crippen molar-refractivity contribution in [2.45, 2.75) is 18.9 Å². The lowest BCUT2D eigenvalue weighted by molar-refractivity contribution is 0.00170. The van der Waals surface area contributed by atoms with Crippen LogP contribution in [0.25, 0.3) is 0 Å². The highest BCUT2D eigenvalue weighted by Crippen LogP contribution is 2.27. The third-order valence-corrected chi connectivity index (χ3v) is 3.89. The van der Waals surface area contributed by atoms with Crippen LogP contribution in [0, 0.1) is 17.1 Å². The number of rotatable bonds is 3. The van der Waals surface area contributed by atoms with Gasteiger partial charge in [-0.2, -0.15) is 5.26 Å². The van der Waals surface area contributed by atoms with Crippen molar-refractivity contribution in [1.82, 2.24) is 4.90 Å². The molecule has 0 aliphatic carbocycles. The van der Waals surface area contributed by atoms with Crippen molar-refractivity contribution in [3.63, 3.8) is 0 Å². The second kappa shape index (κ2) is 5.87. The highest BCUT2D eigenvalue weighted by Gasteiger charge is 2.34. The molecule has 0 amide bonds. The zero-order valence-electron chi connectivity index (χ0n) is 10.8. The first-order valence-electron chi connectivity index (χ1n) is 6.24. The van der Waals surface area contributed by atoms with Crippen LogP contribution >= 0.6 is 11.6 Å². The van der Waals surface area contributed by atoms with Gasteiger partial charge in [-0.1, -0.05) is 17.7 Å². The molecule has 0 N–H and O–H groups in total. The molecule has 1 fully saturated rings. The van der Waals surface area contributed by atoms with Gasteiger partial charge in [0.15, 0.2) is 0 Å². The Kier molecular flexibility index (Phi) is 4.41. The lowest BCUT2D eigenvalue weighted by Gasteiger charge is -2.38. The Bertz CT molecular complexity index is 476. The molecule has 1 aliphatic rings. The predicted octanol–water partition coefficient (Wildman–Crippen LogP) is 2.64. The third kappa shape index (κ3) is 3.06. The van der Waals surface area contributed by atoms with E-state index in [-0.39, 0.29) is 12.2 Å². The Morgan fingerprint density at radius 1 is 1.47 bits per heavy atom. The fourth-order valence-corrected chi connectivity index (χ4v) is 2.55. The molecular weight excluding hydrogens is 267 g/mol. The Balaban J connectivity index is 2.25. The third-order valence-electron chi connectivity index (χ3n) is 3.53. The van der Waals surface area contributed by atoms with Crippen molar-refractivity contribution < 1.29 is 9.13 Å². The number of hydrogen-bond donors (Lipinski definition) is 0. The minimum absolute atomic E-state index is 0.273. The molecule has 0 spiro atoms. The molecule has 5 heteroatoms. The van der Waals surface area contributed by atoms with Crippen LogP contribution in [0.4, 0.5) is 4.39 Å². The number of nitriles is 1. The SMILES string of the molecule is CC(C#N)(Cc1c(F)cccc1Cl)N1CCOCC1. The van der Waals surface area contributed by atoms with Gasteiger partial charge in [-0.15, -0.1) is 0 Å². The minimum atomic E-state index is -0.768. The monoisotopic (exact) mass is 282 g/mol. The molecule has 3 nitrogen and oxygen atoms in total. The van der Waals surface area contributed by atoms with Crippen molar-refractivity contribution >= 4 is 11.6 Å². The molecule has 1 aromatic carbocycles. The summed E-state index contributed by atoms with van der Waals surface area (Å²) in [4.78, 5) is 2.03. The number of halogens is 2. The molecule has 1 saturated heterocycles. The molecule has 1 aliphatic heterocycles. The summed E-state index contributed by atoms with van der Waals surface area (Å²) in [5.74, 6) is -0.359. The van der Waals surface area contributed by atoms with E-state index in [1.807, 2.05) is 11.8 Å². The quantitative estimate of drug-likeness (QED) is 0.855. The van der Waals surface area contributed by atoms with Gasteiger partial charge in [-0.05, 0) is 19.1 Å². The zero-order chi connectivity index (χ0) is 13.9. The van der Waals surface area contributed by atoms with Gasteiger partial charge in [0.05, 0.1) is 19.3 Å². The number of morpholine rings is 1. The van der Waals surface area contributed by atoms with Crippen LogP contribution in [0.1, 0.15) is 12.5 Å². The standard InChI is InChI=1S/C14H16ClFN2O/c1-14(10-17,18-5-7-19-8-6-18)9-11-12(15)3-2-4-13(11)16/h2-4H,5-9H2,1H3. The fraction of sp³-hybridized carbons (Fsp3) is 0.500. The first-order valence-corrected chi connectivity index (χ1v) is 6.61. The summed E-state index contributed by atoms with van der Waals surface area (Å²) < 4.78 is 19.1. The normalized spacial score (nSPS) is 19.7. The summed E-state index contributed by atoms with van der Waals surface area (Å²) in [5, 5.41) is 9.85. The van der Waals surface area contributed by atoms with Gasteiger partial charge in [0.25, 0.3) is 0 Å². The summed E-state index contributed by atoms with van der Waals surface area (Å²) in [6.07, 6.45) is 0.273. The lowest BCUT2D eigenvalue weighted by Crippen LogP contribution is -2.52. The molecule has 0 aromatic heterocycles. The second-order valence-electron chi connectivity index (χ2n) is 4.86. The van der Waals surface area contributed by atoms with E-state index in [0.29, 0.717) is 36.9 Å². The number of hydrogen-bond acceptors (Lipinski definition) is 3. The molecule has 19 heavy (non-hydrogen) atoms. The second-order valence-corrected chi connectivity index (χ2v) is 5.27. The van der Waals surface area contributed by atoms with Gasteiger partial charge in [-0.25, -0.2) is 4.39 Å². The van der Waals surface area contributed by atoms with Gasteiger partial charge in [0.1, 0.15) is 11.4 Å². The average Bonchev–Trinajstić information content (AvgIpc) is 2.44. The van der Waals surface area contributed by atoms with Gasteiger partial charge >= 0.3 is 0 Å². The molecule has 0 bridgehead atoms. The van der Waals surface area contributed by atoms with E-state index in [1.54, 1.807) is 12.1 Å². The van der Waals surface area contributed by atoms with Crippen LogP contribution < -0.4 is 0 Å². The van der Waals surface area contributed by atoms with Crippen molar-refractivity contribution in [2.24, 2.45) is 0 Å². The molecule has 1 atom stereocenters. The van der Waals surface area contributed by atoms with E-state index in [2.05, 4.69) is 6.07 Å². The maximum absolute atomic E-state index is 13.8. The van der Waals surface area contributed by atoms with Gasteiger partial charge < -0.3 is 4.74 Å². The molecule has 1 heterocycles. The summed E-state index contributed by atoms with van der Waals surface area (Å²) in [5.41, 5.74) is -0.366. The first-order chi connectivity index (χ1) is 9.07. The van der Waals surface area contributed by atoms with E-state index in [4.69, 9.17) is 16.3 Å². The van der Waals surface area contributed by atoms with E-state index < -0.39 is 5.54 Å². The van der Waals surface area contributed by atoms with Crippen LogP contribution in [0.3, 0.4) is 0 Å². The Labute approximate surface area is 117 Å². The largest absolute Gasteiger partial charge is 0.379 e. The van der Waals surface area contributed by atoms with Crippen LogP contribution in [0.15, 0.2) is 18.2 Å². The van der Waals surface area contributed by atoms with Crippen molar-refractivity contribution in [3.8, 4) is 6.07 Å². The van der Waals surface area contributed by atoms with Gasteiger partial charge in [0, 0.05) is 30.1 Å². The van der Waals surface area contributed by atoms with Crippen LogP contribution in [0.5, 0.6) is 0 Å². The van der Waals surface area contributed by atoms with Crippen molar-refractivity contribution in [2.75, 3.05) is 26.3 Å². The molecular formula is C14H16ClFN2O. The van der Waals surface area contributed by atoms with E-state index >= 15 is 0 Å². The number of nitrogens with zero attached hydrogens (tertiary/aromatic N) is 2. The predicted molar refractivity (Wildman–Crippen MR) is 71.5 cm³/mol. The minimum Gasteiger partial charge on any atom is -0.379 e. The van der Waals surface area contributed by atoms with E-state index in [9.17, 15) is 9.65 Å². The summed E-state index contributed by atoms with van der Waals surface area (Å²) in [6, 6.07) is 6.89. The van der Waals surface area contributed by atoms with Crippen LogP contribution in [-0.4, -0.2) is 36.7 Å². The maximum Gasteiger partial charge on any atom is 0.127 e. The van der Waals surface area contributed by atoms with Crippen molar-refractivity contribution in [1.29, 1.82) is 5.26 Å². The molecule has 1 aromatic rings. The maximum atomic E-state index is 13.8. The summed E-state index contributed by atoms with van der Waals surface area (Å²) >= 11 is 6.04. The molecule has 2 rings (SSSR count). The van der Waals surface area contributed by atoms with Crippen LogP contribution in [-0.2, 0) is 11.2 Å². The molecule has 0 radical (unpaired) electrons. The topological polar surface area (TPSA) is 36.3 Å². The summed E-state index contributed by atoms with van der Waals surface area (Å²) in [6.45, 7) is 4.37. The Hall–Kier alpha value is -1.15.